The highest BCUT2D eigenvalue weighted by atomic mass is 14.3. The van der Waals surface area contributed by atoms with E-state index in [0.717, 1.165) is 0 Å². The molecule has 145 valence electrons. The average molecular weight is 386 g/mol. The standard InChI is InChI=1S/C30H25/c1-21(2)26-15-9-10-16-28(26)30-27(23-13-7-4-8-14-23)18-17-24-19-25(20-29(24)30)22-11-5-3-6-12-22/h3-21H,1-2H3. The Hall–Kier alpha value is -3.38. The number of hydrogen-bond donors (Lipinski definition) is 0. The van der Waals surface area contributed by atoms with Crippen LogP contribution in [0.1, 0.15) is 42.0 Å². The largest absolute Gasteiger partial charge is 0.0622 e. The highest BCUT2D eigenvalue weighted by molar-refractivity contribution is 6.02. The van der Waals surface area contributed by atoms with Crippen LogP contribution in [0, 0.1) is 6.42 Å². The summed E-state index contributed by atoms with van der Waals surface area (Å²) in [4.78, 5) is 0. The molecule has 0 saturated carbocycles. The van der Waals surface area contributed by atoms with Crippen LogP contribution in [-0.2, 0) is 0 Å². The van der Waals surface area contributed by atoms with E-state index < -0.39 is 0 Å². The van der Waals surface area contributed by atoms with E-state index in [1.165, 1.54) is 50.1 Å². The van der Waals surface area contributed by atoms with Gasteiger partial charge in [-0.3, -0.25) is 0 Å². The zero-order valence-electron chi connectivity index (χ0n) is 17.5. The zero-order chi connectivity index (χ0) is 20.5. The number of rotatable bonds is 4. The van der Waals surface area contributed by atoms with Crippen LogP contribution in [0.2, 0.25) is 0 Å². The van der Waals surface area contributed by atoms with Crippen molar-refractivity contribution in [3.63, 3.8) is 0 Å². The molecule has 0 saturated heterocycles. The maximum absolute atomic E-state index is 2.36. The summed E-state index contributed by atoms with van der Waals surface area (Å²) in [6.45, 7) is 4.56. The molecule has 1 aliphatic carbocycles. The molecule has 0 unspecified atom stereocenters. The molecule has 0 nitrogen and oxygen atoms in total. The first-order valence-corrected chi connectivity index (χ1v) is 10.7. The van der Waals surface area contributed by atoms with E-state index in [1.54, 1.807) is 0 Å². The minimum absolute atomic E-state index is 0.462. The summed E-state index contributed by atoms with van der Waals surface area (Å²) < 4.78 is 0. The van der Waals surface area contributed by atoms with Gasteiger partial charge in [0.1, 0.15) is 0 Å². The Morgan fingerprint density at radius 2 is 1.20 bits per heavy atom. The summed E-state index contributed by atoms with van der Waals surface area (Å²) in [5.74, 6) is 0.462. The van der Waals surface area contributed by atoms with Crippen LogP contribution in [0.25, 0.3) is 33.9 Å². The third kappa shape index (κ3) is 3.29. The Bertz CT molecular complexity index is 1210. The minimum atomic E-state index is 0.462. The van der Waals surface area contributed by atoms with Crippen LogP contribution in [-0.4, -0.2) is 0 Å². The lowest BCUT2D eigenvalue weighted by Crippen LogP contribution is -1.97. The molecule has 0 heteroatoms. The Labute approximate surface area is 179 Å². The van der Waals surface area contributed by atoms with E-state index in [1.807, 2.05) is 0 Å². The molecule has 5 rings (SSSR count). The summed E-state index contributed by atoms with van der Waals surface area (Å²) >= 11 is 0. The van der Waals surface area contributed by atoms with E-state index in [9.17, 15) is 0 Å². The molecule has 0 atom stereocenters. The lowest BCUT2D eigenvalue weighted by molar-refractivity contribution is 0.869. The topological polar surface area (TPSA) is 0 Å². The van der Waals surface area contributed by atoms with Gasteiger partial charge in [0.05, 0.1) is 0 Å². The summed E-state index contributed by atoms with van der Waals surface area (Å²) in [6.07, 6.45) is 4.68. The van der Waals surface area contributed by atoms with Gasteiger partial charge >= 0.3 is 0 Å². The van der Waals surface area contributed by atoms with Crippen LogP contribution in [0.4, 0.5) is 0 Å². The van der Waals surface area contributed by atoms with Crippen molar-refractivity contribution >= 4 is 11.6 Å². The van der Waals surface area contributed by atoms with Crippen LogP contribution >= 0.6 is 0 Å². The fourth-order valence-corrected chi connectivity index (χ4v) is 4.46. The molecule has 0 spiro atoms. The second kappa shape index (κ2) is 7.80. The quantitative estimate of drug-likeness (QED) is 0.332. The summed E-state index contributed by atoms with van der Waals surface area (Å²) in [7, 11) is 0. The molecule has 0 amide bonds. The van der Waals surface area contributed by atoms with Gasteiger partial charge in [0.15, 0.2) is 0 Å². The second-order valence-corrected chi connectivity index (χ2v) is 8.21. The van der Waals surface area contributed by atoms with Crippen molar-refractivity contribution < 1.29 is 0 Å². The normalized spacial score (nSPS) is 12.7. The zero-order valence-corrected chi connectivity index (χ0v) is 17.5. The van der Waals surface area contributed by atoms with Crippen molar-refractivity contribution in [2.75, 3.05) is 0 Å². The fourth-order valence-electron chi connectivity index (χ4n) is 4.46. The molecular weight excluding hydrogens is 360 g/mol. The van der Waals surface area contributed by atoms with Gasteiger partial charge in [-0.15, -0.1) is 0 Å². The van der Waals surface area contributed by atoms with E-state index >= 15 is 0 Å². The highest BCUT2D eigenvalue weighted by Crippen LogP contribution is 2.45. The smallest absolute Gasteiger partial charge is 0.0211 e. The Morgan fingerprint density at radius 1 is 0.567 bits per heavy atom. The average Bonchev–Trinajstić information content (AvgIpc) is 3.24. The van der Waals surface area contributed by atoms with E-state index in [2.05, 4.69) is 123 Å². The van der Waals surface area contributed by atoms with Gasteiger partial charge in [0.2, 0.25) is 0 Å². The van der Waals surface area contributed by atoms with Gasteiger partial charge in [-0.05, 0) is 62.1 Å². The van der Waals surface area contributed by atoms with E-state index in [-0.39, 0.29) is 0 Å². The predicted octanol–water partition coefficient (Wildman–Crippen LogP) is 8.25. The van der Waals surface area contributed by atoms with Crippen molar-refractivity contribution in [2.45, 2.75) is 19.8 Å². The monoisotopic (exact) mass is 385 g/mol. The predicted molar refractivity (Wildman–Crippen MR) is 129 cm³/mol. The number of hydrogen-bond acceptors (Lipinski definition) is 0. The van der Waals surface area contributed by atoms with Gasteiger partial charge in [0.25, 0.3) is 0 Å². The molecule has 0 aliphatic heterocycles. The highest BCUT2D eigenvalue weighted by Gasteiger charge is 2.23. The minimum Gasteiger partial charge on any atom is -0.0622 e. The lowest BCUT2D eigenvalue weighted by Gasteiger charge is -2.19. The van der Waals surface area contributed by atoms with Gasteiger partial charge in [-0.25, -0.2) is 0 Å². The Balaban J connectivity index is 1.78. The molecule has 0 aromatic heterocycles. The summed E-state index contributed by atoms with van der Waals surface area (Å²) in [5, 5.41) is 0. The first-order valence-electron chi connectivity index (χ1n) is 10.7. The third-order valence-electron chi connectivity index (χ3n) is 5.93. The van der Waals surface area contributed by atoms with E-state index in [0.29, 0.717) is 5.92 Å². The molecule has 0 bridgehead atoms. The SMILES string of the molecule is CC(C)c1ccccc1-c1c(-c2ccccc2)ccc2c1C=C(c1ccccc1)[CH]2. The first kappa shape index (κ1) is 18.6. The number of benzene rings is 4. The summed E-state index contributed by atoms with van der Waals surface area (Å²) in [6, 6.07) is 34.9. The fraction of sp³-hybridized carbons (Fsp3) is 0.100. The second-order valence-electron chi connectivity index (χ2n) is 8.21. The number of allylic oxidation sites excluding steroid dienone is 1. The summed E-state index contributed by atoms with van der Waals surface area (Å²) in [5.41, 5.74) is 11.8. The maximum Gasteiger partial charge on any atom is 0.0211 e. The number of fused-ring (bicyclic) bond motifs is 1. The molecular formula is C30H25. The first-order chi connectivity index (χ1) is 14.7. The Kier molecular flexibility index (Phi) is 4.85. The van der Waals surface area contributed by atoms with E-state index in [4.69, 9.17) is 0 Å². The van der Waals surface area contributed by atoms with Gasteiger partial charge in [0, 0.05) is 6.42 Å². The van der Waals surface area contributed by atoms with Crippen molar-refractivity contribution in [1.82, 2.24) is 0 Å². The third-order valence-corrected chi connectivity index (χ3v) is 5.93. The van der Waals surface area contributed by atoms with Crippen molar-refractivity contribution in [3.05, 3.63) is 126 Å². The molecule has 1 aliphatic rings. The van der Waals surface area contributed by atoms with Gasteiger partial charge < -0.3 is 0 Å². The van der Waals surface area contributed by atoms with Crippen molar-refractivity contribution in [1.29, 1.82) is 0 Å². The van der Waals surface area contributed by atoms with Crippen LogP contribution < -0.4 is 0 Å². The molecule has 1 radical (unpaired) electrons. The van der Waals surface area contributed by atoms with Crippen molar-refractivity contribution in [3.8, 4) is 22.3 Å². The molecule has 4 aromatic rings. The van der Waals surface area contributed by atoms with Crippen LogP contribution in [0.3, 0.4) is 0 Å². The van der Waals surface area contributed by atoms with Crippen LogP contribution in [0.15, 0.2) is 97.1 Å². The molecule has 0 N–H and O–H groups in total. The van der Waals surface area contributed by atoms with Gasteiger partial charge in [-0.2, -0.15) is 0 Å². The Morgan fingerprint density at radius 3 is 1.90 bits per heavy atom. The molecule has 0 fully saturated rings. The lowest BCUT2D eigenvalue weighted by atomic mass is 9.84. The van der Waals surface area contributed by atoms with Crippen LogP contribution in [0.5, 0.6) is 0 Å². The molecule has 30 heavy (non-hydrogen) atoms. The van der Waals surface area contributed by atoms with Crippen molar-refractivity contribution in [2.24, 2.45) is 0 Å². The molecule has 4 aromatic carbocycles. The maximum atomic E-state index is 2.36. The van der Waals surface area contributed by atoms with Gasteiger partial charge in [-0.1, -0.05) is 111 Å². The molecule has 0 heterocycles.